The number of fused-ring (bicyclic) bond motifs is 1. The number of ether oxygens (including phenoxy) is 2. The number of carbonyl (C=O) groups excluding carboxylic acids is 3. The first kappa shape index (κ1) is 20.7. The summed E-state index contributed by atoms with van der Waals surface area (Å²) < 4.78 is 10.4. The van der Waals surface area contributed by atoms with Gasteiger partial charge in [-0.25, -0.2) is 0 Å². The molecule has 2 aliphatic rings. The van der Waals surface area contributed by atoms with Crippen LogP contribution in [0.2, 0.25) is 5.02 Å². The number of amides is 3. The van der Waals surface area contributed by atoms with Crippen LogP contribution in [0.25, 0.3) is 6.08 Å². The Labute approximate surface area is 183 Å². The van der Waals surface area contributed by atoms with Crippen molar-refractivity contribution >= 4 is 57.9 Å². The lowest BCUT2D eigenvalue weighted by Crippen LogP contribution is -2.36. The highest BCUT2D eigenvalue weighted by Gasteiger charge is 2.37. The number of rotatable bonds is 5. The zero-order chi connectivity index (χ0) is 22.1. The summed E-state index contributed by atoms with van der Waals surface area (Å²) in [4.78, 5) is 48.7. The summed E-state index contributed by atoms with van der Waals surface area (Å²) in [6, 6.07) is 8.95. The third-order valence-corrected chi connectivity index (χ3v) is 5.43. The fourth-order valence-corrected chi connectivity index (χ4v) is 3.93. The number of nitro groups is 1. The highest BCUT2D eigenvalue weighted by Crippen LogP contribution is 2.40. The molecule has 12 heteroatoms. The van der Waals surface area contributed by atoms with E-state index in [4.69, 9.17) is 21.1 Å². The van der Waals surface area contributed by atoms with Crippen LogP contribution in [0, 0.1) is 10.1 Å². The second-order valence-corrected chi connectivity index (χ2v) is 7.78. The summed E-state index contributed by atoms with van der Waals surface area (Å²) in [5.74, 6) is -0.824. The number of hydrogen-bond donors (Lipinski definition) is 1. The Kier molecular flexibility index (Phi) is 5.53. The van der Waals surface area contributed by atoms with E-state index >= 15 is 0 Å². The molecule has 2 heterocycles. The molecule has 1 saturated heterocycles. The quantitative estimate of drug-likeness (QED) is 0.406. The molecule has 1 N–H and O–H groups in total. The fraction of sp³-hybridized carbons (Fsp3) is 0.105. The molecule has 2 aromatic carbocycles. The van der Waals surface area contributed by atoms with E-state index in [2.05, 4.69) is 5.32 Å². The van der Waals surface area contributed by atoms with Gasteiger partial charge in [-0.15, -0.1) is 0 Å². The van der Waals surface area contributed by atoms with E-state index in [-0.39, 0.29) is 34.4 Å². The van der Waals surface area contributed by atoms with Gasteiger partial charge in [-0.1, -0.05) is 17.7 Å². The summed E-state index contributed by atoms with van der Waals surface area (Å²) in [6.07, 6.45) is 1.22. The Morgan fingerprint density at radius 3 is 2.71 bits per heavy atom. The van der Waals surface area contributed by atoms with Crippen molar-refractivity contribution in [2.75, 3.05) is 18.7 Å². The van der Waals surface area contributed by atoms with Gasteiger partial charge in [0, 0.05) is 10.7 Å². The first-order valence-corrected chi connectivity index (χ1v) is 9.90. The topological polar surface area (TPSA) is 128 Å². The van der Waals surface area contributed by atoms with Gasteiger partial charge in [0.2, 0.25) is 12.7 Å². The van der Waals surface area contributed by atoms with Crippen molar-refractivity contribution in [2.24, 2.45) is 0 Å². The van der Waals surface area contributed by atoms with E-state index in [0.29, 0.717) is 22.5 Å². The van der Waals surface area contributed by atoms with Crippen molar-refractivity contribution in [3.05, 3.63) is 62.0 Å². The van der Waals surface area contributed by atoms with E-state index in [9.17, 15) is 24.5 Å². The summed E-state index contributed by atoms with van der Waals surface area (Å²) in [5.41, 5.74) is 0.175. The zero-order valence-corrected chi connectivity index (χ0v) is 17.1. The lowest BCUT2D eigenvalue weighted by Gasteiger charge is -2.12. The number of nitro benzene ring substituents is 1. The van der Waals surface area contributed by atoms with Crippen molar-refractivity contribution in [3.63, 3.8) is 0 Å². The molecule has 0 aliphatic carbocycles. The number of imide groups is 1. The van der Waals surface area contributed by atoms with Crippen LogP contribution in [0.3, 0.4) is 0 Å². The van der Waals surface area contributed by atoms with Gasteiger partial charge in [0.1, 0.15) is 6.54 Å². The van der Waals surface area contributed by atoms with Crippen molar-refractivity contribution < 1.29 is 28.8 Å². The van der Waals surface area contributed by atoms with E-state index in [0.717, 1.165) is 4.90 Å². The normalized spacial score (nSPS) is 16.2. The maximum atomic E-state index is 12.7. The van der Waals surface area contributed by atoms with Crippen molar-refractivity contribution in [2.45, 2.75) is 0 Å². The Morgan fingerprint density at radius 1 is 1.26 bits per heavy atom. The van der Waals surface area contributed by atoms with Crippen LogP contribution in [0.1, 0.15) is 5.56 Å². The summed E-state index contributed by atoms with van der Waals surface area (Å²) in [5, 5.41) is 13.7. The largest absolute Gasteiger partial charge is 0.454 e. The molecule has 158 valence electrons. The summed E-state index contributed by atoms with van der Waals surface area (Å²) in [6.45, 7) is -0.591. The standard InChI is InChI=1S/C19H12ClN3O7S/c20-11-2-1-3-12(6-11)21-17(24)8-22-18(25)16(31-19(22)26)5-10-4-14-15(30-9-29-14)7-13(10)23(27)28/h1-7H,8-9H2,(H,21,24)/b16-5-. The van der Waals surface area contributed by atoms with Crippen LogP contribution in [-0.4, -0.2) is 40.2 Å². The maximum absolute atomic E-state index is 12.7. The number of hydrogen-bond acceptors (Lipinski definition) is 8. The number of halogens is 1. The van der Waals surface area contributed by atoms with Gasteiger partial charge in [-0.2, -0.15) is 0 Å². The molecule has 2 aliphatic heterocycles. The minimum Gasteiger partial charge on any atom is -0.454 e. The smallest absolute Gasteiger partial charge is 0.294 e. The Bertz CT molecular complexity index is 1170. The molecule has 4 rings (SSSR count). The molecule has 0 spiro atoms. The first-order chi connectivity index (χ1) is 14.8. The van der Waals surface area contributed by atoms with Gasteiger partial charge in [-0.05, 0) is 42.1 Å². The zero-order valence-electron chi connectivity index (χ0n) is 15.5. The Hall–Kier alpha value is -3.57. The monoisotopic (exact) mass is 461 g/mol. The van der Waals surface area contributed by atoms with Gasteiger partial charge < -0.3 is 14.8 Å². The van der Waals surface area contributed by atoms with Crippen LogP contribution in [0.5, 0.6) is 11.5 Å². The average molecular weight is 462 g/mol. The molecule has 2 aromatic rings. The number of carbonyl (C=O) groups is 3. The molecule has 0 saturated carbocycles. The van der Waals surface area contributed by atoms with E-state index in [1.54, 1.807) is 18.2 Å². The fourth-order valence-electron chi connectivity index (χ4n) is 2.91. The van der Waals surface area contributed by atoms with Crippen LogP contribution < -0.4 is 14.8 Å². The van der Waals surface area contributed by atoms with Gasteiger partial charge in [0.15, 0.2) is 11.5 Å². The number of thioether (sulfide) groups is 1. The molecule has 0 atom stereocenters. The third kappa shape index (κ3) is 4.32. The summed E-state index contributed by atoms with van der Waals surface area (Å²) >= 11 is 6.45. The SMILES string of the molecule is O=C(CN1C(=O)S/C(=C\c2cc3c(cc2[N+](=O)[O-])OCO3)C1=O)Nc1cccc(Cl)c1. The van der Waals surface area contributed by atoms with Gasteiger partial charge >= 0.3 is 0 Å². The van der Waals surface area contributed by atoms with Crippen LogP contribution >= 0.6 is 23.4 Å². The minimum absolute atomic E-state index is 0.0532. The van der Waals surface area contributed by atoms with E-state index < -0.39 is 28.5 Å². The lowest BCUT2D eigenvalue weighted by atomic mass is 10.1. The van der Waals surface area contributed by atoms with Crippen molar-refractivity contribution in [1.82, 2.24) is 4.90 Å². The maximum Gasteiger partial charge on any atom is 0.294 e. The molecule has 0 radical (unpaired) electrons. The molecule has 0 unspecified atom stereocenters. The summed E-state index contributed by atoms with van der Waals surface area (Å²) in [7, 11) is 0. The highest BCUT2D eigenvalue weighted by molar-refractivity contribution is 8.18. The van der Waals surface area contributed by atoms with Crippen molar-refractivity contribution in [1.29, 1.82) is 0 Å². The molecule has 31 heavy (non-hydrogen) atoms. The van der Waals surface area contributed by atoms with E-state index in [1.165, 1.54) is 24.3 Å². The predicted molar refractivity (Wildman–Crippen MR) is 112 cm³/mol. The van der Waals surface area contributed by atoms with Crippen LogP contribution in [-0.2, 0) is 9.59 Å². The first-order valence-electron chi connectivity index (χ1n) is 8.70. The molecule has 1 fully saturated rings. The Morgan fingerprint density at radius 2 is 2.00 bits per heavy atom. The predicted octanol–water partition coefficient (Wildman–Crippen LogP) is 3.65. The molecular formula is C19H12ClN3O7S. The number of nitrogens with zero attached hydrogens (tertiary/aromatic N) is 2. The van der Waals surface area contributed by atoms with Crippen LogP contribution in [0.15, 0.2) is 41.3 Å². The molecule has 10 nitrogen and oxygen atoms in total. The third-order valence-electron chi connectivity index (χ3n) is 4.29. The highest BCUT2D eigenvalue weighted by atomic mass is 35.5. The molecule has 0 aromatic heterocycles. The second kappa shape index (κ2) is 8.28. The second-order valence-electron chi connectivity index (χ2n) is 6.35. The molecular weight excluding hydrogens is 450 g/mol. The van der Waals surface area contributed by atoms with E-state index in [1.807, 2.05) is 0 Å². The number of anilines is 1. The molecule has 0 bridgehead atoms. The Balaban J connectivity index is 1.54. The number of benzene rings is 2. The minimum atomic E-state index is -0.733. The lowest BCUT2D eigenvalue weighted by molar-refractivity contribution is -0.385. The number of nitrogens with one attached hydrogen (secondary N) is 1. The average Bonchev–Trinajstić information content (AvgIpc) is 3.26. The molecule has 3 amide bonds. The van der Waals surface area contributed by atoms with Gasteiger partial charge in [0.25, 0.3) is 16.8 Å². The van der Waals surface area contributed by atoms with Crippen molar-refractivity contribution in [3.8, 4) is 11.5 Å². The van der Waals surface area contributed by atoms with Crippen LogP contribution in [0.4, 0.5) is 16.2 Å². The van der Waals surface area contributed by atoms with Gasteiger partial charge in [-0.3, -0.25) is 29.4 Å². The van der Waals surface area contributed by atoms with Gasteiger partial charge in [0.05, 0.1) is 21.5 Å².